The van der Waals surface area contributed by atoms with Crippen molar-refractivity contribution in [1.82, 2.24) is 10.1 Å². The number of aromatic nitrogens is 1. The fraction of sp³-hybridized carbons (Fsp3) is 0.474. The predicted octanol–water partition coefficient (Wildman–Crippen LogP) is 3.77. The van der Waals surface area contributed by atoms with Crippen LogP contribution in [0.4, 0.5) is 0 Å². The Hall–Kier alpha value is -2.10. The molecule has 2 aromatic rings. The highest BCUT2D eigenvalue weighted by atomic mass is 16.5. The molecule has 1 aliphatic heterocycles. The molecule has 1 amide bonds. The van der Waals surface area contributed by atoms with Gasteiger partial charge in [-0.1, -0.05) is 35.5 Å². The van der Waals surface area contributed by atoms with Gasteiger partial charge in [0.1, 0.15) is 0 Å². The Bertz CT molecular complexity index is 703. The lowest BCUT2D eigenvalue weighted by atomic mass is 9.95. The highest BCUT2D eigenvalue weighted by Crippen LogP contribution is 2.50. The van der Waals surface area contributed by atoms with Crippen molar-refractivity contribution in [2.24, 2.45) is 0 Å². The number of likely N-dealkylation sites (tertiary alicyclic amines) is 1. The molecule has 23 heavy (non-hydrogen) atoms. The molecule has 2 heterocycles. The average Bonchev–Trinajstić information content (AvgIpc) is 3.25. The molecule has 1 aromatic heterocycles. The third-order valence-electron chi connectivity index (χ3n) is 5.28. The molecule has 2 fully saturated rings. The first-order valence-corrected chi connectivity index (χ1v) is 8.54. The fourth-order valence-corrected chi connectivity index (χ4v) is 3.62. The maximum absolute atomic E-state index is 13.1. The molecule has 0 radical (unpaired) electrons. The molecule has 1 atom stereocenters. The summed E-state index contributed by atoms with van der Waals surface area (Å²) >= 11 is 0. The van der Waals surface area contributed by atoms with Gasteiger partial charge in [0.2, 0.25) is 5.91 Å². The van der Waals surface area contributed by atoms with Gasteiger partial charge >= 0.3 is 0 Å². The minimum absolute atomic E-state index is 0.248. The minimum Gasteiger partial charge on any atom is -0.356 e. The number of nitrogens with zero attached hydrogens (tertiary/aromatic N) is 2. The zero-order valence-corrected chi connectivity index (χ0v) is 13.5. The molecule has 4 heteroatoms. The van der Waals surface area contributed by atoms with Crippen molar-refractivity contribution in [3.05, 3.63) is 42.1 Å². The third kappa shape index (κ3) is 2.46. The predicted molar refractivity (Wildman–Crippen MR) is 87.9 cm³/mol. The number of benzene rings is 1. The van der Waals surface area contributed by atoms with E-state index in [0.29, 0.717) is 6.04 Å². The largest absolute Gasteiger partial charge is 0.356 e. The quantitative estimate of drug-likeness (QED) is 0.867. The molecule has 1 saturated heterocycles. The van der Waals surface area contributed by atoms with E-state index in [1.54, 1.807) is 0 Å². The van der Waals surface area contributed by atoms with Gasteiger partial charge in [-0.15, -0.1) is 0 Å². The first-order chi connectivity index (χ1) is 11.2. The number of rotatable bonds is 3. The summed E-state index contributed by atoms with van der Waals surface area (Å²) in [5.41, 5.74) is 1.38. The normalized spacial score (nSPS) is 22.8. The summed E-state index contributed by atoms with van der Waals surface area (Å²) in [5, 5.41) is 4.25. The minimum atomic E-state index is -0.428. The topological polar surface area (TPSA) is 46.3 Å². The van der Waals surface area contributed by atoms with Crippen LogP contribution in [0.3, 0.4) is 0 Å². The van der Waals surface area contributed by atoms with Gasteiger partial charge in [0.05, 0.1) is 11.1 Å². The lowest BCUT2D eigenvalue weighted by Gasteiger charge is -2.35. The summed E-state index contributed by atoms with van der Waals surface area (Å²) in [6, 6.07) is 12.2. The standard InChI is InChI=1S/C19H22N2O2/c1-14-7-5-6-12-21(14)18(22)19(10-11-19)17-13-16(23-20-17)15-8-3-2-4-9-15/h2-4,8-9,13-14H,5-7,10-12H2,1H3. The third-order valence-corrected chi connectivity index (χ3v) is 5.28. The van der Waals surface area contributed by atoms with E-state index in [4.69, 9.17) is 4.52 Å². The van der Waals surface area contributed by atoms with E-state index in [-0.39, 0.29) is 5.91 Å². The second kappa shape index (κ2) is 5.52. The molecular formula is C19H22N2O2. The molecule has 0 N–H and O–H groups in total. The van der Waals surface area contributed by atoms with E-state index in [1.807, 2.05) is 36.4 Å². The second-order valence-electron chi connectivity index (χ2n) is 6.87. The van der Waals surface area contributed by atoms with Gasteiger partial charge in [-0.25, -0.2) is 0 Å². The highest BCUT2D eigenvalue weighted by molar-refractivity contribution is 5.91. The molecule has 1 unspecified atom stereocenters. The monoisotopic (exact) mass is 310 g/mol. The molecular weight excluding hydrogens is 288 g/mol. The summed E-state index contributed by atoms with van der Waals surface area (Å²) in [4.78, 5) is 15.1. The van der Waals surface area contributed by atoms with E-state index in [0.717, 1.165) is 49.2 Å². The molecule has 4 nitrogen and oxygen atoms in total. The summed E-state index contributed by atoms with van der Waals surface area (Å²) in [6.07, 6.45) is 5.21. The summed E-state index contributed by atoms with van der Waals surface area (Å²) in [7, 11) is 0. The number of carbonyl (C=O) groups is 1. The molecule has 1 aromatic carbocycles. The Kier molecular flexibility index (Phi) is 3.47. The Balaban J connectivity index is 1.60. The summed E-state index contributed by atoms with van der Waals surface area (Å²) in [5.74, 6) is 0.990. The number of carbonyl (C=O) groups excluding carboxylic acids is 1. The molecule has 4 rings (SSSR count). The van der Waals surface area contributed by atoms with E-state index in [9.17, 15) is 4.79 Å². The summed E-state index contributed by atoms with van der Waals surface area (Å²) < 4.78 is 5.52. The van der Waals surface area contributed by atoms with Crippen molar-refractivity contribution in [3.8, 4) is 11.3 Å². The van der Waals surface area contributed by atoms with E-state index < -0.39 is 5.41 Å². The number of piperidine rings is 1. The van der Waals surface area contributed by atoms with Crippen molar-refractivity contribution in [3.63, 3.8) is 0 Å². The number of hydrogen-bond donors (Lipinski definition) is 0. The smallest absolute Gasteiger partial charge is 0.235 e. The van der Waals surface area contributed by atoms with Crippen LogP contribution < -0.4 is 0 Å². The lowest BCUT2D eigenvalue weighted by Crippen LogP contribution is -2.47. The first-order valence-electron chi connectivity index (χ1n) is 8.54. The van der Waals surface area contributed by atoms with Gasteiger partial charge in [-0.05, 0) is 39.0 Å². The molecule has 0 spiro atoms. The molecule has 2 aliphatic rings. The van der Waals surface area contributed by atoms with Gasteiger partial charge in [0.15, 0.2) is 5.76 Å². The molecule has 0 bridgehead atoms. The van der Waals surface area contributed by atoms with Crippen LogP contribution in [0.15, 0.2) is 40.9 Å². The van der Waals surface area contributed by atoms with Gasteiger partial charge in [0.25, 0.3) is 0 Å². The van der Waals surface area contributed by atoms with Gasteiger partial charge in [-0.2, -0.15) is 0 Å². The van der Waals surface area contributed by atoms with Gasteiger partial charge in [0, 0.05) is 24.2 Å². The lowest BCUT2D eigenvalue weighted by molar-refractivity contribution is -0.137. The molecule has 1 saturated carbocycles. The Labute approximate surface area is 136 Å². The average molecular weight is 310 g/mol. The van der Waals surface area contributed by atoms with E-state index in [2.05, 4.69) is 17.0 Å². The van der Waals surface area contributed by atoms with Crippen LogP contribution in [0.2, 0.25) is 0 Å². The van der Waals surface area contributed by atoms with Crippen LogP contribution in [0.5, 0.6) is 0 Å². The Morgan fingerprint density at radius 2 is 2.04 bits per heavy atom. The zero-order chi connectivity index (χ0) is 15.9. The van der Waals surface area contributed by atoms with Crippen LogP contribution in [0, 0.1) is 0 Å². The Morgan fingerprint density at radius 1 is 1.26 bits per heavy atom. The van der Waals surface area contributed by atoms with Crippen LogP contribution in [0.25, 0.3) is 11.3 Å². The van der Waals surface area contributed by atoms with Crippen LogP contribution in [-0.4, -0.2) is 28.6 Å². The van der Waals surface area contributed by atoms with Crippen molar-refractivity contribution in [2.75, 3.05) is 6.54 Å². The fourth-order valence-electron chi connectivity index (χ4n) is 3.62. The van der Waals surface area contributed by atoms with Crippen molar-refractivity contribution < 1.29 is 9.32 Å². The van der Waals surface area contributed by atoms with Crippen LogP contribution >= 0.6 is 0 Å². The van der Waals surface area contributed by atoms with Crippen molar-refractivity contribution in [2.45, 2.75) is 50.5 Å². The maximum Gasteiger partial charge on any atom is 0.235 e. The van der Waals surface area contributed by atoms with E-state index in [1.165, 1.54) is 6.42 Å². The zero-order valence-electron chi connectivity index (χ0n) is 13.5. The highest BCUT2D eigenvalue weighted by Gasteiger charge is 2.56. The second-order valence-corrected chi connectivity index (χ2v) is 6.87. The van der Waals surface area contributed by atoms with Crippen molar-refractivity contribution >= 4 is 5.91 Å². The molecule has 120 valence electrons. The maximum atomic E-state index is 13.1. The number of hydrogen-bond acceptors (Lipinski definition) is 3. The summed E-state index contributed by atoms with van der Waals surface area (Å²) in [6.45, 7) is 3.04. The Morgan fingerprint density at radius 3 is 2.74 bits per heavy atom. The van der Waals surface area contributed by atoms with E-state index >= 15 is 0 Å². The van der Waals surface area contributed by atoms with Crippen molar-refractivity contribution in [1.29, 1.82) is 0 Å². The van der Waals surface area contributed by atoms with Crippen LogP contribution in [-0.2, 0) is 10.2 Å². The molecule has 1 aliphatic carbocycles. The first kappa shape index (κ1) is 14.5. The van der Waals surface area contributed by atoms with Gasteiger partial charge in [-0.3, -0.25) is 4.79 Å². The van der Waals surface area contributed by atoms with Gasteiger partial charge < -0.3 is 9.42 Å². The number of amides is 1. The SMILES string of the molecule is CC1CCCCN1C(=O)C1(c2cc(-c3ccccc3)on2)CC1. The van der Waals surface area contributed by atoms with Crippen LogP contribution in [0.1, 0.15) is 44.7 Å².